The Hall–Kier alpha value is -2.92. The van der Waals surface area contributed by atoms with Gasteiger partial charge < -0.3 is 10.2 Å². The van der Waals surface area contributed by atoms with Crippen molar-refractivity contribution >= 4 is 38.3 Å². The van der Waals surface area contributed by atoms with E-state index in [2.05, 4.69) is 0 Å². The van der Waals surface area contributed by atoms with Crippen LogP contribution in [0.5, 0.6) is 5.75 Å². The molecule has 0 fully saturated rings. The van der Waals surface area contributed by atoms with Crippen LogP contribution in [0, 0.1) is 0 Å². The number of phenols is 1. The molecule has 0 aliphatic carbocycles. The highest BCUT2D eigenvalue weighted by Crippen LogP contribution is 2.37. The summed E-state index contributed by atoms with van der Waals surface area (Å²) in [7, 11) is 0. The quantitative estimate of drug-likeness (QED) is 0.541. The molecule has 0 amide bonds. The number of fused-ring (bicyclic) bond motifs is 2. The first-order valence-corrected chi connectivity index (χ1v) is 8.83. The van der Waals surface area contributed by atoms with E-state index in [0.717, 1.165) is 21.2 Å². The topological polar surface area (TPSA) is 70.4 Å². The molecule has 2 heterocycles. The van der Waals surface area contributed by atoms with E-state index in [1.54, 1.807) is 23.5 Å². The van der Waals surface area contributed by atoms with E-state index in [1.807, 2.05) is 36.6 Å². The van der Waals surface area contributed by atoms with E-state index >= 15 is 0 Å². The smallest absolute Gasteiger partial charge is 0.336 e. The molecule has 4 aromatic rings. The summed E-state index contributed by atoms with van der Waals surface area (Å²) in [5, 5.41) is 23.2. The summed E-state index contributed by atoms with van der Waals surface area (Å²) in [5.41, 5.74) is 3.06. The molecular weight excluding hydrogens is 334 g/mol. The molecule has 2 aromatic heterocycles. The zero-order chi connectivity index (χ0) is 17.6. The van der Waals surface area contributed by atoms with Gasteiger partial charge in [-0.05, 0) is 30.2 Å². The third kappa shape index (κ3) is 2.44. The van der Waals surface area contributed by atoms with Crippen molar-refractivity contribution in [2.45, 2.75) is 13.3 Å². The standard InChI is InChI=1S/C20H15NO3S/c1-2-11-7-8-16(22)18-13(20(23)24)9-15(21-19(11)18)14-10-25-17-6-4-3-5-12(14)17/h3-10,22H,2H2,1H3,(H,23,24). The first-order chi connectivity index (χ1) is 12.1. The van der Waals surface area contributed by atoms with Gasteiger partial charge in [0.1, 0.15) is 5.75 Å². The van der Waals surface area contributed by atoms with Crippen molar-refractivity contribution in [1.82, 2.24) is 4.98 Å². The summed E-state index contributed by atoms with van der Waals surface area (Å²) < 4.78 is 1.13. The fourth-order valence-electron chi connectivity index (χ4n) is 3.15. The maximum Gasteiger partial charge on any atom is 0.336 e. The fraction of sp³-hybridized carbons (Fsp3) is 0.100. The van der Waals surface area contributed by atoms with Gasteiger partial charge in [0.25, 0.3) is 0 Å². The lowest BCUT2D eigenvalue weighted by Gasteiger charge is -2.11. The van der Waals surface area contributed by atoms with E-state index in [4.69, 9.17) is 4.98 Å². The van der Waals surface area contributed by atoms with Crippen LogP contribution in [0.15, 0.2) is 47.8 Å². The summed E-state index contributed by atoms with van der Waals surface area (Å²) in [5.74, 6) is -1.13. The normalized spacial score (nSPS) is 11.2. The van der Waals surface area contributed by atoms with E-state index in [1.165, 1.54) is 6.07 Å². The second kappa shape index (κ2) is 5.86. The Bertz CT molecular complexity index is 1130. The molecule has 0 saturated carbocycles. The number of nitrogens with zero attached hydrogens (tertiary/aromatic N) is 1. The highest BCUT2D eigenvalue weighted by atomic mass is 32.1. The molecule has 25 heavy (non-hydrogen) atoms. The number of hydrogen-bond donors (Lipinski definition) is 2. The van der Waals surface area contributed by atoms with E-state index in [0.29, 0.717) is 23.0 Å². The highest BCUT2D eigenvalue weighted by Gasteiger charge is 2.19. The van der Waals surface area contributed by atoms with Crippen LogP contribution >= 0.6 is 11.3 Å². The molecule has 124 valence electrons. The SMILES string of the molecule is CCc1ccc(O)c2c(C(=O)O)cc(-c3csc4ccccc34)nc12. The third-order valence-corrected chi connectivity index (χ3v) is 5.35. The van der Waals surface area contributed by atoms with E-state index in [9.17, 15) is 15.0 Å². The Morgan fingerprint density at radius 3 is 2.76 bits per heavy atom. The van der Waals surface area contributed by atoms with E-state index < -0.39 is 5.97 Å². The van der Waals surface area contributed by atoms with Crippen molar-refractivity contribution in [3.05, 3.63) is 59.0 Å². The number of aromatic nitrogens is 1. The number of thiophene rings is 1. The molecule has 0 radical (unpaired) electrons. The van der Waals surface area contributed by atoms with Crippen molar-refractivity contribution < 1.29 is 15.0 Å². The van der Waals surface area contributed by atoms with Gasteiger partial charge in [0.05, 0.1) is 22.2 Å². The van der Waals surface area contributed by atoms with Crippen LogP contribution in [-0.4, -0.2) is 21.2 Å². The summed E-state index contributed by atoms with van der Waals surface area (Å²) in [4.78, 5) is 16.5. The van der Waals surface area contributed by atoms with Gasteiger partial charge in [-0.25, -0.2) is 9.78 Å². The molecule has 4 nitrogen and oxygen atoms in total. The molecular formula is C20H15NO3S. The number of hydrogen-bond acceptors (Lipinski definition) is 4. The van der Waals surface area contributed by atoms with Crippen LogP contribution in [0.4, 0.5) is 0 Å². The van der Waals surface area contributed by atoms with Gasteiger partial charge in [-0.2, -0.15) is 0 Å². The summed E-state index contributed by atoms with van der Waals surface area (Å²) in [6.07, 6.45) is 0.705. The fourth-order valence-corrected chi connectivity index (χ4v) is 4.10. The predicted octanol–water partition coefficient (Wildman–Crippen LogP) is 5.08. The maximum atomic E-state index is 11.8. The second-order valence-corrected chi connectivity index (χ2v) is 6.74. The second-order valence-electron chi connectivity index (χ2n) is 5.83. The van der Waals surface area contributed by atoms with Crippen molar-refractivity contribution in [1.29, 1.82) is 0 Å². The zero-order valence-corrected chi connectivity index (χ0v) is 14.3. The number of carboxylic acids is 1. The number of aryl methyl sites for hydroxylation is 1. The van der Waals surface area contributed by atoms with Crippen LogP contribution in [0.2, 0.25) is 0 Å². The average molecular weight is 349 g/mol. The lowest BCUT2D eigenvalue weighted by atomic mass is 9.99. The lowest BCUT2D eigenvalue weighted by molar-refractivity contribution is 0.0698. The van der Waals surface area contributed by atoms with Crippen LogP contribution in [0.3, 0.4) is 0 Å². The summed E-state index contributed by atoms with van der Waals surface area (Å²) >= 11 is 1.60. The minimum absolute atomic E-state index is 0.0566. The van der Waals surface area contributed by atoms with Crippen LogP contribution in [0.1, 0.15) is 22.8 Å². The molecule has 0 atom stereocenters. The van der Waals surface area contributed by atoms with Crippen molar-refractivity contribution in [3.8, 4) is 17.0 Å². The van der Waals surface area contributed by atoms with Crippen LogP contribution in [0.25, 0.3) is 32.2 Å². The van der Waals surface area contributed by atoms with Gasteiger partial charge in [-0.3, -0.25) is 0 Å². The molecule has 2 N–H and O–H groups in total. The first kappa shape index (κ1) is 15.6. The third-order valence-electron chi connectivity index (χ3n) is 4.39. The van der Waals surface area contributed by atoms with Crippen molar-refractivity contribution in [2.24, 2.45) is 0 Å². The van der Waals surface area contributed by atoms with Crippen LogP contribution < -0.4 is 0 Å². The van der Waals surface area contributed by atoms with Crippen LogP contribution in [-0.2, 0) is 6.42 Å². The number of benzene rings is 2. The Morgan fingerprint density at radius 1 is 1.20 bits per heavy atom. The average Bonchev–Trinajstić information content (AvgIpc) is 3.05. The molecule has 0 aliphatic rings. The summed E-state index contributed by atoms with van der Waals surface area (Å²) in [6.45, 7) is 1.99. The number of carboxylic acid groups (broad SMARTS) is 1. The molecule has 2 aromatic carbocycles. The Labute approximate surface area is 148 Å². The Morgan fingerprint density at radius 2 is 2.00 bits per heavy atom. The Kier molecular flexibility index (Phi) is 3.66. The van der Waals surface area contributed by atoms with Gasteiger partial charge in [0.2, 0.25) is 0 Å². The number of carbonyl (C=O) groups is 1. The lowest BCUT2D eigenvalue weighted by Crippen LogP contribution is -2.02. The van der Waals surface area contributed by atoms with Crippen molar-refractivity contribution in [2.75, 3.05) is 0 Å². The predicted molar refractivity (Wildman–Crippen MR) is 101 cm³/mol. The largest absolute Gasteiger partial charge is 0.507 e. The number of rotatable bonds is 3. The van der Waals surface area contributed by atoms with E-state index in [-0.39, 0.29) is 11.3 Å². The van der Waals surface area contributed by atoms with Gasteiger partial charge in [0, 0.05) is 21.0 Å². The molecule has 5 heteroatoms. The minimum atomic E-state index is -1.07. The molecule has 0 aliphatic heterocycles. The molecule has 0 saturated heterocycles. The zero-order valence-electron chi connectivity index (χ0n) is 13.5. The number of phenolic OH excluding ortho intramolecular Hbond substituents is 1. The Balaban J connectivity index is 2.11. The molecule has 0 unspecified atom stereocenters. The van der Waals surface area contributed by atoms with Gasteiger partial charge in [-0.1, -0.05) is 31.2 Å². The van der Waals surface area contributed by atoms with Crippen molar-refractivity contribution in [3.63, 3.8) is 0 Å². The molecule has 0 spiro atoms. The van der Waals surface area contributed by atoms with Gasteiger partial charge >= 0.3 is 5.97 Å². The highest BCUT2D eigenvalue weighted by molar-refractivity contribution is 7.17. The summed E-state index contributed by atoms with van der Waals surface area (Å²) in [6, 6.07) is 12.9. The number of aromatic hydroxyl groups is 1. The minimum Gasteiger partial charge on any atom is -0.507 e. The molecule has 4 rings (SSSR count). The number of aromatic carboxylic acids is 1. The monoisotopic (exact) mass is 349 g/mol. The molecule has 0 bridgehead atoms. The number of pyridine rings is 1. The van der Waals surface area contributed by atoms with Gasteiger partial charge in [-0.15, -0.1) is 11.3 Å². The van der Waals surface area contributed by atoms with Gasteiger partial charge in [0.15, 0.2) is 0 Å². The first-order valence-electron chi connectivity index (χ1n) is 7.95. The maximum absolute atomic E-state index is 11.8.